The summed E-state index contributed by atoms with van der Waals surface area (Å²) in [5.74, 6) is 0.244. The molecule has 1 aromatic rings. The minimum atomic E-state index is -4.90. The Balaban J connectivity index is 1.39. The van der Waals surface area contributed by atoms with Crippen LogP contribution in [0.3, 0.4) is 0 Å². The summed E-state index contributed by atoms with van der Waals surface area (Å²) in [6, 6.07) is 1.27. The van der Waals surface area contributed by atoms with E-state index in [1.165, 1.54) is 0 Å². The van der Waals surface area contributed by atoms with Gasteiger partial charge in [-0.3, -0.25) is 14.5 Å². The molecule has 2 saturated heterocycles. The van der Waals surface area contributed by atoms with Gasteiger partial charge in [0.25, 0.3) is 0 Å². The fraction of sp³-hybridized carbons (Fsp3) is 0.522. The predicted molar refractivity (Wildman–Crippen MR) is 122 cm³/mol. The van der Waals surface area contributed by atoms with E-state index in [0.29, 0.717) is 55.7 Å². The van der Waals surface area contributed by atoms with Crippen molar-refractivity contribution in [3.05, 3.63) is 45.9 Å². The van der Waals surface area contributed by atoms with E-state index in [4.69, 9.17) is 0 Å². The van der Waals surface area contributed by atoms with Crippen LogP contribution in [0.2, 0.25) is 0 Å². The van der Waals surface area contributed by atoms with Crippen LogP contribution in [-0.4, -0.2) is 47.6 Å². The van der Waals surface area contributed by atoms with Crippen molar-refractivity contribution in [2.24, 2.45) is 10.9 Å². The second-order valence-corrected chi connectivity index (χ2v) is 9.96. The molecule has 0 saturated carbocycles. The van der Waals surface area contributed by atoms with Gasteiger partial charge in [-0.25, -0.2) is 0 Å². The van der Waals surface area contributed by atoms with Crippen molar-refractivity contribution in [1.29, 1.82) is 0 Å². The van der Waals surface area contributed by atoms with E-state index in [-0.39, 0.29) is 35.2 Å². The van der Waals surface area contributed by atoms with Gasteiger partial charge in [-0.1, -0.05) is 12.1 Å². The number of aliphatic imine (C=N–C) groups is 1. The number of nitrogens with zero attached hydrogens (tertiary/aromatic N) is 2. The number of amidine groups is 1. The molecule has 0 bridgehead atoms. The summed E-state index contributed by atoms with van der Waals surface area (Å²) in [7, 11) is 0. The van der Waals surface area contributed by atoms with E-state index in [0.717, 1.165) is 24.2 Å². The quantitative estimate of drug-likeness (QED) is 0.535. The average molecular weight is 535 g/mol. The molecule has 6 nitrogen and oxygen atoms in total. The first-order chi connectivity index (χ1) is 16.9. The summed E-state index contributed by atoms with van der Waals surface area (Å²) in [6.45, 7) is 1.37. The van der Waals surface area contributed by atoms with E-state index in [9.17, 15) is 35.9 Å². The molecule has 2 amide bonds. The molecule has 2 N–H and O–H groups in total. The van der Waals surface area contributed by atoms with Gasteiger partial charge < -0.3 is 10.6 Å². The van der Waals surface area contributed by atoms with E-state index < -0.39 is 29.5 Å². The summed E-state index contributed by atoms with van der Waals surface area (Å²) in [5.41, 5.74) is -2.81. The second-order valence-electron chi connectivity index (χ2n) is 8.97. The average Bonchev–Trinajstić information content (AvgIpc) is 3.14. The Kier molecular flexibility index (Phi) is 7.69. The first-order valence-electron chi connectivity index (χ1n) is 11.5. The molecule has 4 rings (SSSR count). The van der Waals surface area contributed by atoms with Crippen molar-refractivity contribution in [2.75, 3.05) is 19.6 Å². The molecule has 1 atom stereocenters. The number of hydrogen-bond donors (Lipinski definition) is 2. The molecule has 1 unspecified atom stereocenters. The number of alkyl halides is 6. The van der Waals surface area contributed by atoms with Gasteiger partial charge in [-0.2, -0.15) is 31.3 Å². The highest BCUT2D eigenvalue weighted by molar-refractivity contribution is 8.18. The fourth-order valence-electron chi connectivity index (χ4n) is 4.49. The van der Waals surface area contributed by atoms with Crippen LogP contribution in [0.4, 0.5) is 31.1 Å². The van der Waals surface area contributed by atoms with Gasteiger partial charge in [-0.15, -0.1) is 0 Å². The largest absolute Gasteiger partial charge is 0.416 e. The number of nitrogens with one attached hydrogen (secondary N) is 2. The van der Waals surface area contributed by atoms with Crippen molar-refractivity contribution in [3.63, 3.8) is 0 Å². The molecular formula is C23H24F6N4O2S. The zero-order chi connectivity index (χ0) is 26.1. The molecule has 2 fully saturated rings. The normalized spacial score (nSPS) is 23.7. The molecule has 3 aliphatic heterocycles. The molecule has 3 aliphatic rings. The lowest BCUT2D eigenvalue weighted by molar-refractivity contribution is -0.143. The lowest BCUT2D eigenvalue weighted by Crippen LogP contribution is -2.50. The zero-order valence-corrected chi connectivity index (χ0v) is 19.8. The van der Waals surface area contributed by atoms with Crippen molar-refractivity contribution >= 4 is 28.7 Å². The summed E-state index contributed by atoms with van der Waals surface area (Å²) < 4.78 is 79.1. The third-order valence-corrected chi connectivity index (χ3v) is 7.20. The monoisotopic (exact) mass is 534 g/mol. The Morgan fingerprint density at radius 1 is 1.08 bits per heavy atom. The highest BCUT2D eigenvalue weighted by Gasteiger charge is 2.38. The molecule has 13 heteroatoms. The number of hydrogen-bond acceptors (Lipinski definition) is 5. The number of likely N-dealkylation sites (tertiary alicyclic amines) is 1. The second kappa shape index (κ2) is 10.4. The number of halogens is 6. The SMILES string of the molecule is O=C1N=C(NC2CCCNC2=O)C(=CC2CCN(Cc3ccc(C(F)(F)F)cc3C(F)(F)F)CC2)S1. The predicted octanol–water partition coefficient (Wildman–Crippen LogP) is 4.95. The van der Waals surface area contributed by atoms with Gasteiger partial charge in [0, 0.05) is 13.1 Å². The zero-order valence-electron chi connectivity index (χ0n) is 19.0. The highest BCUT2D eigenvalue weighted by Crippen LogP contribution is 2.38. The molecule has 3 heterocycles. The number of benzene rings is 1. The lowest BCUT2D eigenvalue weighted by Gasteiger charge is -2.31. The topological polar surface area (TPSA) is 73.8 Å². The maximum Gasteiger partial charge on any atom is 0.416 e. The van der Waals surface area contributed by atoms with Crippen LogP contribution in [0.15, 0.2) is 34.2 Å². The molecule has 0 aromatic heterocycles. The van der Waals surface area contributed by atoms with Crippen molar-refractivity contribution in [2.45, 2.75) is 50.6 Å². The van der Waals surface area contributed by atoms with E-state index in [1.807, 2.05) is 6.08 Å². The Morgan fingerprint density at radius 3 is 2.44 bits per heavy atom. The molecule has 0 spiro atoms. The van der Waals surface area contributed by atoms with Gasteiger partial charge >= 0.3 is 17.6 Å². The molecule has 36 heavy (non-hydrogen) atoms. The number of piperidine rings is 2. The van der Waals surface area contributed by atoms with Gasteiger partial charge in [0.2, 0.25) is 5.91 Å². The van der Waals surface area contributed by atoms with Crippen LogP contribution in [0.5, 0.6) is 0 Å². The van der Waals surface area contributed by atoms with E-state index >= 15 is 0 Å². The minimum Gasteiger partial charge on any atom is -0.357 e. The lowest BCUT2D eigenvalue weighted by atomic mass is 9.95. The summed E-state index contributed by atoms with van der Waals surface area (Å²) in [5, 5.41) is 5.42. The van der Waals surface area contributed by atoms with E-state index in [2.05, 4.69) is 15.6 Å². The maximum atomic E-state index is 13.5. The Labute approximate surface area is 207 Å². The van der Waals surface area contributed by atoms with Gasteiger partial charge in [-0.05, 0) is 74.1 Å². The van der Waals surface area contributed by atoms with Crippen LogP contribution in [-0.2, 0) is 23.7 Å². The third kappa shape index (κ3) is 6.41. The van der Waals surface area contributed by atoms with Crippen LogP contribution in [0, 0.1) is 5.92 Å². The smallest absolute Gasteiger partial charge is 0.357 e. The minimum absolute atomic E-state index is 0.0384. The van der Waals surface area contributed by atoms with Crippen LogP contribution in [0.25, 0.3) is 0 Å². The van der Waals surface area contributed by atoms with Gasteiger partial charge in [0.1, 0.15) is 11.9 Å². The number of amides is 2. The first-order valence-corrected chi connectivity index (χ1v) is 12.3. The van der Waals surface area contributed by atoms with Crippen molar-refractivity contribution < 1.29 is 35.9 Å². The first kappa shape index (κ1) is 26.5. The van der Waals surface area contributed by atoms with Crippen LogP contribution < -0.4 is 10.6 Å². The molecule has 1 aromatic carbocycles. The van der Waals surface area contributed by atoms with Crippen molar-refractivity contribution in [1.82, 2.24) is 15.5 Å². The van der Waals surface area contributed by atoms with Crippen LogP contribution >= 0.6 is 11.8 Å². The number of thioether (sulfide) groups is 1. The third-order valence-electron chi connectivity index (χ3n) is 6.39. The summed E-state index contributed by atoms with van der Waals surface area (Å²) in [4.78, 5) is 30.3. The van der Waals surface area contributed by atoms with Gasteiger partial charge in [0.05, 0.1) is 16.0 Å². The van der Waals surface area contributed by atoms with E-state index in [1.54, 1.807) is 4.90 Å². The summed E-state index contributed by atoms with van der Waals surface area (Å²) in [6.07, 6.45) is -5.23. The molecule has 0 aliphatic carbocycles. The number of carbonyl (C=O) groups excluding carboxylic acids is 2. The van der Waals surface area contributed by atoms with Crippen LogP contribution in [0.1, 0.15) is 42.4 Å². The number of allylic oxidation sites excluding steroid dienone is 1. The number of rotatable bonds is 4. The molecule has 0 radical (unpaired) electrons. The fourth-order valence-corrected chi connectivity index (χ4v) is 5.28. The van der Waals surface area contributed by atoms with Gasteiger partial charge in [0.15, 0.2) is 0 Å². The highest BCUT2D eigenvalue weighted by atomic mass is 32.2. The number of carbonyl (C=O) groups is 2. The Bertz CT molecular complexity index is 1080. The maximum absolute atomic E-state index is 13.5. The summed E-state index contributed by atoms with van der Waals surface area (Å²) >= 11 is 0.962. The molecule has 196 valence electrons. The Morgan fingerprint density at radius 2 is 1.81 bits per heavy atom. The standard InChI is InChI=1S/C23H24F6N4O2S/c24-22(25,26)15-4-3-14(16(11-15)23(27,28)29)12-33-8-5-13(6-9-33)10-18-19(32-21(35)36-18)31-17-2-1-7-30-20(17)34/h3-4,10-11,13,17H,1-2,5-9,12H2,(H,30,34)(H,31,32,35). The Hall–Kier alpha value is -2.54. The van der Waals surface area contributed by atoms with Crippen molar-refractivity contribution in [3.8, 4) is 0 Å². The molecular weight excluding hydrogens is 510 g/mol.